The molecular weight excluding hydrogens is 494 g/mol. The molecule has 0 radical (unpaired) electrons. The van der Waals surface area contributed by atoms with Gasteiger partial charge in [0.15, 0.2) is 0 Å². The Labute approximate surface area is 222 Å². The Kier molecular flexibility index (Phi) is 8.09. The van der Waals surface area contributed by atoms with Crippen LogP contribution in [0, 0.1) is 11.8 Å². The van der Waals surface area contributed by atoms with E-state index in [4.69, 9.17) is 9.47 Å². The molecule has 10 heteroatoms. The number of aliphatic hydroxyl groups is 1. The van der Waals surface area contributed by atoms with E-state index in [0.29, 0.717) is 39.1 Å². The fraction of sp³-hybridized carbons (Fsp3) is 0.667. The molecule has 0 saturated carbocycles. The molecule has 0 aromatic heterocycles. The van der Waals surface area contributed by atoms with Crippen molar-refractivity contribution in [1.29, 1.82) is 0 Å². The van der Waals surface area contributed by atoms with Gasteiger partial charge in [0.05, 0.1) is 49.1 Å². The number of benzene rings is 1. The first kappa shape index (κ1) is 26.5. The maximum atomic E-state index is 14.1. The Bertz CT molecular complexity index is 990. The number of carbonyl (C=O) groups is 3. The highest BCUT2D eigenvalue weighted by Crippen LogP contribution is 2.66. The zero-order chi connectivity index (χ0) is 26.0. The van der Waals surface area contributed by atoms with E-state index in [1.54, 1.807) is 23.6 Å². The summed E-state index contributed by atoms with van der Waals surface area (Å²) in [6.45, 7) is 5.97. The summed E-state index contributed by atoms with van der Waals surface area (Å²) in [7, 11) is 0. The number of hydrogen-bond donors (Lipinski definition) is 2. The zero-order valence-electron chi connectivity index (χ0n) is 21.3. The smallest absolute Gasteiger partial charge is 0.310 e. The van der Waals surface area contributed by atoms with E-state index < -0.39 is 28.7 Å². The zero-order valence-corrected chi connectivity index (χ0v) is 22.2. The minimum atomic E-state index is -0.745. The molecule has 6 atom stereocenters. The summed E-state index contributed by atoms with van der Waals surface area (Å²) in [5, 5.41) is 13.5. The fourth-order valence-electron chi connectivity index (χ4n) is 6.69. The van der Waals surface area contributed by atoms with E-state index in [-0.39, 0.29) is 36.2 Å². The molecule has 4 aliphatic heterocycles. The number of fused-ring (bicyclic) bond motifs is 1. The van der Waals surface area contributed by atoms with Crippen LogP contribution in [0.2, 0.25) is 0 Å². The number of nitrogens with zero attached hydrogens (tertiary/aromatic N) is 2. The normalized spacial score (nSPS) is 31.8. The number of rotatable bonds is 10. The lowest BCUT2D eigenvalue weighted by Gasteiger charge is -2.37. The Morgan fingerprint density at radius 2 is 2.03 bits per heavy atom. The average Bonchev–Trinajstić information content (AvgIpc) is 3.56. The van der Waals surface area contributed by atoms with Crippen molar-refractivity contribution in [1.82, 2.24) is 15.1 Å². The molecule has 2 unspecified atom stereocenters. The molecule has 4 saturated heterocycles. The molecule has 5 rings (SSSR count). The number of carbonyl (C=O) groups excluding carboxylic acids is 3. The highest BCUT2D eigenvalue weighted by molar-refractivity contribution is 8.02. The van der Waals surface area contributed by atoms with Gasteiger partial charge in [0.25, 0.3) is 0 Å². The number of hydrogen-bond acceptors (Lipinski definition) is 8. The van der Waals surface area contributed by atoms with E-state index in [0.717, 1.165) is 25.1 Å². The van der Waals surface area contributed by atoms with Crippen LogP contribution in [0.15, 0.2) is 30.3 Å². The van der Waals surface area contributed by atoms with Gasteiger partial charge in [-0.2, -0.15) is 0 Å². The maximum absolute atomic E-state index is 14.1. The fourth-order valence-corrected chi connectivity index (χ4v) is 8.88. The van der Waals surface area contributed by atoms with Crippen LogP contribution < -0.4 is 5.32 Å². The van der Waals surface area contributed by atoms with E-state index in [9.17, 15) is 19.5 Å². The number of morpholine rings is 1. The lowest BCUT2D eigenvalue weighted by molar-refractivity contribution is -0.154. The number of aliphatic hydroxyl groups excluding tert-OH is 1. The quantitative estimate of drug-likeness (QED) is 0.425. The molecule has 2 bridgehead atoms. The van der Waals surface area contributed by atoms with Gasteiger partial charge in [-0.05, 0) is 31.7 Å². The third kappa shape index (κ3) is 4.89. The third-order valence-electron chi connectivity index (χ3n) is 8.29. The van der Waals surface area contributed by atoms with Crippen molar-refractivity contribution < 1.29 is 29.0 Å². The van der Waals surface area contributed by atoms with Crippen molar-refractivity contribution in [3.63, 3.8) is 0 Å². The first-order chi connectivity index (χ1) is 18.0. The highest BCUT2D eigenvalue weighted by Gasteiger charge is 2.74. The Hall–Kier alpha value is -2.14. The van der Waals surface area contributed by atoms with E-state index in [1.807, 2.05) is 30.3 Å². The molecule has 1 aromatic carbocycles. The van der Waals surface area contributed by atoms with Crippen LogP contribution in [0.3, 0.4) is 0 Å². The Balaban J connectivity index is 1.42. The molecule has 9 nitrogen and oxygen atoms in total. The molecular formula is C27H37N3O6S. The maximum Gasteiger partial charge on any atom is 0.310 e. The summed E-state index contributed by atoms with van der Waals surface area (Å²) in [5.74, 6) is -1.94. The number of likely N-dealkylation sites (tertiary alicyclic amines) is 1. The Morgan fingerprint density at radius 1 is 1.27 bits per heavy atom. The van der Waals surface area contributed by atoms with Gasteiger partial charge in [-0.1, -0.05) is 30.3 Å². The average molecular weight is 532 g/mol. The summed E-state index contributed by atoms with van der Waals surface area (Å²) in [5.41, 5.74) is 0.981. The molecule has 2 N–H and O–H groups in total. The number of ether oxygens (including phenoxy) is 2. The van der Waals surface area contributed by atoms with Crippen LogP contribution in [-0.4, -0.2) is 107 Å². The van der Waals surface area contributed by atoms with Gasteiger partial charge < -0.3 is 24.8 Å². The van der Waals surface area contributed by atoms with Crippen molar-refractivity contribution in [2.45, 2.75) is 48.3 Å². The SMILES string of the molecule is CCOC(=O)[C@@H]1[C@H]2C(=O)N([C@@H](CO)Cc3ccccc3)C(C(=O)NCCN3CCOCC3)C23CC[C@H]1S3. The molecule has 4 aliphatic rings. The molecule has 4 heterocycles. The summed E-state index contributed by atoms with van der Waals surface area (Å²) >= 11 is 1.62. The van der Waals surface area contributed by atoms with Crippen molar-refractivity contribution >= 4 is 29.5 Å². The standard InChI is InChI=1S/C27H37N3O6S/c1-2-36-26(34)21-20-8-9-27(37-20)22(21)25(33)30(19(17-31)16-18-6-4-3-5-7-18)23(27)24(32)28-10-11-29-12-14-35-15-13-29/h3-7,19-23,31H,2,8-17H2,1H3,(H,28,32)/t19-,20-,21+,22+,23?,27?/m1/s1. The van der Waals surface area contributed by atoms with E-state index in [2.05, 4.69) is 10.2 Å². The largest absolute Gasteiger partial charge is 0.466 e. The monoisotopic (exact) mass is 531 g/mol. The topological polar surface area (TPSA) is 108 Å². The second kappa shape index (κ2) is 11.3. The number of thioether (sulfide) groups is 1. The van der Waals surface area contributed by atoms with Gasteiger partial charge in [0, 0.05) is 31.4 Å². The summed E-state index contributed by atoms with van der Waals surface area (Å²) in [4.78, 5) is 44.9. The van der Waals surface area contributed by atoms with Crippen LogP contribution in [0.25, 0.3) is 0 Å². The molecule has 202 valence electrons. The first-order valence-electron chi connectivity index (χ1n) is 13.4. The van der Waals surface area contributed by atoms with Gasteiger partial charge >= 0.3 is 5.97 Å². The van der Waals surface area contributed by atoms with Crippen molar-refractivity contribution in [3.05, 3.63) is 35.9 Å². The minimum absolute atomic E-state index is 0.0273. The van der Waals surface area contributed by atoms with Gasteiger partial charge in [-0.15, -0.1) is 11.8 Å². The molecule has 37 heavy (non-hydrogen) atoms. The van der Waals surface area contributed by atoms with Crippen molar-refractivity contribution in [3.8, 4) is 0 Å². The van der Waals surface area contributed by atoms with Crippen LogP contribution in [0.1, 0.15) is 25.3 Å². The molecule has 4 fully saturated rings. The summed E-state index contributed by atoms with van der Waals surface area (Å²) in [6.07, 6.45) is 1.89. The van der Waals surface area contributed by atoms with E-state index in [1.165, 1.54) is 0 Å². The van der Waals surface area contributed by atoms with Crippen LogP contribution in [-0.2, 0) is 30.3 Å². The van der Waals surface area contributed by atoms with Crippen LogP contribution in [0.4, 0.5) is 0 Å². The second-order valence-electron chi connectivity index (χ2n) is 10.3. The molecule has 1 aromatic rings. The number of esters is 1. The number of nitrogens with one attached hydrogen (secondary N) is 1. The van der Waals surface area contributed by atoms with Gasteiger partial charge in [-0.3, -0.25) is 19.3 Å². The van der Waals surface area contributed by atoms with E-state index >= 15 is 0 Å². The van der Waals surface area contributed by atoms with Crippen LogP contribution in [0.5, 0.6) is 0 Å². The van der Waals surface area contributed by atoms with Crippen molar-refractivity contribution in [2.75, 3.05) is 52.6 Å². The molecule has 1 spiro atoms. The number of amides is 2. The molecule has 0 aliphatic carbocycles. The van der Waals surface area contributed by atoms with Gasteiger partial charge in [-0.25, -0.2) is 0 Å². The van der Waals surface area contributed by atoms with Gasteiger partial charge in [0.1, 0.15) is 6.04 Å². The predicted molar refractivity (Wildman–Crippen MR) is 139 cm³/mol. The van der Waals surface area contributed by atoms with Gasteiger partial charge in [0.2, 0.25) is 11.8 Å². The second-order valence-corrected chi connectivity index (χ2v) is 11.9. The lowest BCUT2D eigenvalue weighted by atomic mass is 9.71. The highest BCUT2D eigenvalue weighted by atomic mass is 32.2. The summed E-state index contributed by atoms with van der Waals surface area (Å²) < 4.78 is 10.1. The Morgan fingerprint density at radius 3 is 2.73 bits per heavy atom. The van der Waals surface area contributed by atoms with Crippen LogP contribution >= 0.6 is 11.8 Å². The summed E-state index contributed by atoms with van der Waals surface area (Å²) in [6, 6.07) is 8.38. The first-order valence-corrected chi connectivity index (χ1v) is 14.3. The predicted octanol–water partition coefficient (Wildman–Crippen LogP) is 0.693. The van der Waals surface area contributed by atoms with Crippen molar-refractivity contribution in [2.24, 2.45) is 11.8 Å². The molecule has 2 amide bonds. The minimum Gasteiger partial charge on any atom is -0.466 e. The third-order valence-corrected chi connectivity index (χ3v) is 10.2. The lowest BCUT2D eigenvalue weighted by Crippen LogP contribution is -2.57.